The van der Waals surface area contributed by atoms with E-state index in [1.165, 1.54) is 34.9 Å². The van der Waals surface area contributed by atoms with Gasteiger partial charge in [0.2, 0.25) is 0 Å². The second-order valence-corrected chi connectivity index (χ2v) is 5.52. The van der Waals surface area contributed by atoms with Crippen LogP contribution in [0.15, 0.2) is 60.7 Å². The first kappa shape index (κ1) is 13.7. The van der Waals surface area contributed by atoms with Crippen LogP contribution in [0.4, 0.5) is 5.69 Å². The fourth-order valence-corrected chi connectivity index (χ4v) is 2.95. The van der Waals surface area contributed by atoms with Crippen molar-refractivity contribution in [2.45, 2.75) is 26.2 Å². The van der Waals surface area contributed by atoms with E-state index in [0.29, 0.717) is 0 Å². The number of benzene rings is 3. The molecule has 0 fully saturated rings. The van der Waals surface area contributed by atoms with Crippen molar-refractivity contribution in [3.05, 3.63) is 66.2 Å². The van der Waals surface area contributed by atoms with E-state index in [4.69, 9.17) is 5.73 Å². The molecular weight excluding hydrogens is 254 g/mol. The molecule has 0 aromatic heterocycles. The quantitative estimate of drug-likeness (QED) is 0.631. The molecule has 0 saturated carbocycles. The van der Waals surface area contributed by atoms with Crippen LogP contribution in [0.2, 0.25) is 0 Å². The number of nitrogens with two attached hydrogens (primary N) is 1. The summed E-state index contributed by atoms with van der Waals surface area (Å²) in [4.78, 5) is 0. The smallest absolute Gasteiger partial charge is 0.0476 e. The summed E-state index contributed by atoms with van der Waals surface area (Å²) in [5.74, 6) is 0. The zero-order chi connectivity index (χ0) is 14.7. The lowest BCUT2D eigenvalue weighted by atomic mass is 9.91. The van der Waals surface area contributed by atoms with E-state index in [9.17, 15) is 0 Å². The molecule has 1 nitrogen and oxygen atoms in total. The molecule has 0 aliphatic carbocycles. The van der Waals surface area contributed by atoms with Crippen LogP contribution in [-0.4, -0.2) is 0 Å². The number of hydrogen-bond donors (Lipinski definition) is 1. The Morgan fingerprint density at radius 1 is 0.905 bits per heavy atom. The minimum absolute atomic E-state index is 0.908. The summed E-state index contributed by atoms with van der Waals surface area (Å²) in [6.45, 7) is 2.23. The van der Waals surface area contributed by atoms with E-state index in [-0.39, 0.29) is 0 Å². The molecule has 0 amide bonds. The van der Waals surface area contributed by atoms with Crippen LogP contribution in [0.3, 0.4) is 0 Å². The maximum absolute atomic E-state index is 6.52. The van der Waals surface area contributed by atoms with Crippen molar-refractivity contribution in [1.82, 2.24) is 0 Å². The van der Waals surface area contributed by atoms with Gasteiger partial charge in [0.1, 0.15) is 0 Å². The van der Waals surface area contributed by atoms with E-state index >= 15 is 0 Å². The molecule has 0 spiro atoms. The van der Waals surface area contributed by atoms with Gasteiger partial charge in [0.25, 0.3) is 0 Å². The Morgan fingerprint density at radius 3 is 2.38 bits per heavy atom. The zero-order valence-corrected chi connectivity index (χ0v) is 12.5. The molecule has 0 heterocycles. The van der Waals surface area contributed by atoms with Gasteiger partial charge in [-0.2, -0.15) is 0 Å². The first-order chi connectivity index (χ1) is 10.3. The lowest BCUT2D eigenvalue weighted by Gasteiger charge is -2.16. The molecule has 1 heteroatoms. The van der Waals surface area contributed by atoms with Crippen LogP contribution in [-0.2, 0) is 6.42 Å². The van der Waals surface area contributed by atoms with E-state index in [1.807, 2.05) is 6.07 Å². The molecule has 0 bridgehead atoms. The second kappa shape index (κ2) is 6.01. The number of rotatable bonds is 4. The average Bonchev–Trinajstić information content (AvgIpc) is 2.54. The number of fused-ring (bicyclic) bond motifs is 1. The minimum Gasteiger partial charge on any atom is -0.398 e. The van der Waals surface area contributed by atoms with Gasteiger partial charge < -0.3 is 5.73 Å². The molecular formula is C20H21N. The topological polar surface area (TPSA) is 26.0 Å². The number of hydrogen-bond acceptors (Lipinski definition) is 1. The molecule has 0 radical (unpaired) electrons. The number of unbranched alkanes of at least 4 members (excludes halogenated alkanes) is 1. The maximum Gasteiger partial charge on any atom is 0.0476 e. The normalized spacial score (nSPS) is 10.9. The molecule has 0 atom stereocenters. The zero-order valence-electron chi connectivity index (χ0n) is 12.5. The standard InChI is InChI=1S/C20H21N/c1-2-3-9-17-14-16-12-7-8-13-18(16)20(21)19(17)15-10-5-4-6-11-15/h4-8,10-14H,2-3,9,21H2,1H3. The average molecular weight is 275 g/mol. The molecule has 3 rings (SSSR count). The monoisotopic (exact) mass is 275 g/mol. The number of anilines is 1. The van der Waals surface area contributed by atoms with Gasteiger partial charge in [-0.25, -0.2) is 0 Å². The third kappa shape index (κ3) is 2.64. The molecule has 106 valence electrons. The van der Waals surface area contributed by atoms with Crippen molar-refractivity contribution in [2.75, 3.05) is 5.73 Å². The lowest BCUT2D eigenvalue weighted by molar-refractivity contribution is 0.797. The first-order valence-corrected chi connectivity index (χ1v) is 7.66. The Labute approximate surface area is 126 Å². The van der Waals surface area contributed by atoms with Gasteiger partial charge in [0, 0.05) is 16.6 Å². The molecule has 0 saturated heterocycles. The van der Waals surface area contributed by atoms with Gasteiger partial charge >= 0.3 is 0 Å². The molecule has 3 aromatic carbocycles. The van der Waals surface area contributed by atoms with E-state index in [1.54, 1.807) is 0 Å². The van der Waals surface area contributed by atoms with Gasteiger partial charge in [-0.05, 0) is 29.4 Å². The number of nitrogen functional groups attached to an aromatic ring is 1. The van der Waals surface area contributed by atoms with Gasteiger partial charge in [-0.1, -0.05) is 74.0 Å². The van der Waals surface area contributed by atoms with Crippen molar-refractivity contribution in [3.63, 3.8) is 0 Å². The van der Waals surface area contributed by atoms with Crippen LogP contribution >= 0.6 is 0 Å². The highest BCUT2D eigenvalue weighted by Crippen LogP contribution is 2.36. The Kier molecular flexibility index (Phi) is 3.92. The SMILES string of the molecule is CCCCc1cc2ccccc2c(N)c1-c1ccccc1. The van der Waals surface area contributed by atoms with E-state index in [0.717, 1.165) is 17.5 Å². The minimum atomic E-state index is 0.908. The van der Waals surface area contributed by atoms with Crippen molar-refractivity contribution < 1.29 is 0 Å². The van der Waals surface area contributed by atoms with Crippen LogP contribution in [0.1, 0.15) is 25.3 Å². The van der Waals surface area contributed by atoms with Crippen molar-refractivity contribution >= 4 is 16.5 Å². The summed E-state index contributed by atoms with van der Waals surface area (Å²) in [5, 5.41) is 2.39. The summed E-state index contributed by atoms with van der Waals surface area (Å²) in [7, 11) is 0. The van der Waals surface area contributed by atoms with Gasteiger partial charge in [0.05, 0.1) is 0 Å². The van der Waals surface area contributed by atoms with Crippen LogP contribution in [0, 0.1) is 0 Å². The fraction of sp³-hybridized carbons (Fsp3) is 0.200. The maximum atomic E-state index is 6.52. The molecule has 2 N–H and O–H groups in total. The molecule has 21 heavy (non-hydrogen) atoms. The Bertz CT molecular complexity index is 744. The van der Waals surface area contributed by atoms with Gasteiger partial charge in [-0.15, -0.1) is 0 Å². The molecule has 0 aliphatic heterocycles. The van der Waals surface area contributed by atoms with Crippen molar-refractivity contribution in [1.29, 1.82) is 0 Å². The Morgan fingerprint density at radius 2 is 1.62 bits per heavy atom. The van der Waals surface area contributed by atoms with E-state index in [2.05, 4.69) is 61.5 Å². The van der Waals surface area contributed by atoms with Crippen molar-refractivity contribution in [3.8, 4) is 11.1 Å². The second-order valence-electron chi connectivity index (χ2n) is 5.52. The first-order valence-electron chi connectivity index (χ1n) is 7.66. The largest absolute Gasteiger partial charge is 0.398 e. The highest BCUT2D eigenvalue weighted by Gasteiger charge is 2.12. The van der Waals surface area contributed by atoms with Crippen LogP contribution in [0.25, 0.3) is 21.9 Å². The molecule has 3 aromatic rings. The predicted molar refractivity (Wildman–Crippen MR) is 92.4 cm³/mol. The third-order valence-corrected chi connectivity index (χ3v) is 4.03. The molecule has 0 aliphatic rings. The van der Waals surface area contributed by atoms with Crippen LogP contribution < -0.4 is 5.73 Å². The van der Waals surface area contributed by atoms with Crippen molar-refractivity contribution in [2.24, 2.45) is 0 Å². The summed E-state index contributed by atoms with van der Waals surface area (Å²) >= 11 is 0. The Balaban J connectivity index is 2.26. The number of aryl methyl sites for hydroxylation is 1. The predicted octanol–water partition coefficient (Wildman–Crippen LogP) is 5.43. The highest BCUT2D eigenvalue weighted by atomic mass is 14.6. The lowest BCUT2D eigenvalue weighted by Crippen LogP contribution is -1.98. The Hall–Kier alpha value is -2.28. The third-order valence-electron chi connectivity index (χ3n) is 4.03. The summed E-state index contributed by atoms with van der Waals surface area (Å²) in [6.07, 6.45) is 3.47. The van der Waals surface area contributed by atoms with E-state index < -0.39 is 0 Å². The van der Waals surface area contributed by atoms with Crippen LogP contribution in [0.5, 0.6) is 0 Å². The summed E-state index contributed by atoms with van der Waals surface area (Å²) in [5.41, 5.74) is 11.2. The fourth-order valence-electron chi connectivity index (χ4n) is 2.95. The molecule has 0 unspecified atom stereocenters. The van der Waals surface area contributed by atoms with Gasteiger partial charge in [-0.3, -0.25) is 0 Å². The summed E-state index contributed by atoms with van der Waals surface area (Å²) in [6, 6.07) is 21.2. The highest BCUT2D eigenvalue weighted by molar-refractivity contribution is 6.02. The van der Waals surface area contributed by atoms with Gasteiger partial charge in [0.15, 0.2) is 0 Å². The summed E-state index contributed by atoms with van der Waals surface area (Å²) < 4.78 is 0.